The summed E-state index contributed by atoms with van der Waals surface area (Å²) in [5.74, 6) is 0.0163. The van der Waals surface area contributed by atoms with Crippen LogP contribution in [0.3, 0.4) is 0 Å². The molecule has 0 aromatic heterocycles. The maximum absolute atomic E-state index is 12.0. The average molecular weight is 248 g/mol. The number of hydrogen-bond donors (Lipinski definition) is 2. The van der Waals surface area contributed by atoms with Crippen molar-refractivity contribution in [2.45, 2.75) is 46.7 Å². The normalized spacial score (nSPS) is 11.4. The van der Waals surface area contributed by atoms with Gasteiger partial charge in [-0.25, -0.2) is 0 Å². The molecule has 1 aromatic rings. The minimum Gasteiger partial charge on any atom is -0.350 e. The Morgan fingerprint density at radius 2 is 1.67 bits per heavy atom. The number of benzene rings is 1. The molecule has 0 aliphatic rings. The molecule has 1 amide bonds. The van der Waals surface area contributed by atoms with Crippen LogP contribution in [0.2, 0.25) is 0 Å². The third-order valence-corrected chi connectivity index (χ3v) is 3.58. The summed E-state index contributed by atoms with van der Waals surface area (Å²) in [6, 6.07) is 4.32. The monoisotopic (exact) mass is 248 g/mol. The predicted octanol–water partition coefficient (Wildman–Crippen LogP) is 2.23. The summed E-state index contributed by atoms with van der Waals surface area (Å²) in [5.41, 5.74) is 4.42. The Bertz CT molecular complexity index is 450. The third-order valence-electron chi connectivity index (χ3n) is 3.58. The standard InChI is InChI=1S/C15H24N2O/c1-10-7-12(3)13(8-11(10)2)9-17-14(18)15(4,5)16-6/h7-8,16H,9H2,1-6H3,(H,17,18). The van der Waals surface area contributed by atoms with E-state index in [9.17, 15) is 4.79 Å². The molecule has 18 heavy (non-hydrogen) atoms. The van der Waals surface area contributed by atoms with E-state index >= 15 is 0 Å². The predicted molar refractivity (Wildman–Crippen MR) is 75.6 cm³/mol. The zero-order valence-corrected chi connectivity index (χ0v) is 12.3. The first-order valence-electron chi connectivity index (χ1n) is 6.32. The van der Waals surface area contributed by atoms with Crippen LogP contribution in [0.5, 0.6) is 0 Å². The third kappa shape index (κ3) is 3.33. The van der Waals surface area contributed by atoms with Crippen molar-refractivity contribution in [3.05, 3.63) is 34.4 Å². The largest absolute Gasteiger partial charge is 0.350 e. The fourth-order valence-corrected chi connectivity index (χ4v) is 1.72. The van der Waals surface area contributed by atoms with Crippen LogP contribution >= 0.6 is 0 Å². The van der Waals surface area contributed by atoms with Crippen LogP contribution in [0.25, 0.3) is 0 Å². The van der Waals surface area contributed by atoms with Crippen LogP contribution in [0.15, 0.2) is 12.1 Å². The van der Waals surface area contributed by atoms with Gasteiger partial charge in [-0.05, 0) is 63.9 Å². The second-order valence-corrected chi connectivity index (χ2v) is 5.42. The molecule has 1 aromatic carbocycles. The average Bonchev–Trinajstić information content (AvgIpc) is 2.31. The lowest BCUT2D eigenvalue weighted by atomic mass is 10.00. The molecule has 0 unspecified atom stereocenters. The second kappa shape index (κ2) is 5.53. The number of carbonyl (C=O) groups excluding carboxylic acids is 1. The molecule has 2 N–H and O–H groups in total. The van der Waals surface area contributed by atoms with Crippen molar-refractivity contribution >= 4 is 5.91 Å². The maximum Gasteiger partial charge on any atom is 0.239 e. The molecule has 0 saturated heterocycles. The van der Waals surface area contributed by atoms with E-state index in [-0.39, 0.29) is 5.91 Å². The van der Waals surface area contributed by atoms with Gasteiger partial charge >= 0.3 is 0 Å². The van der Waals surface area contributed by atoms with E-state index in [2.05, 4.69) is 43.5 Å². The van der Waals surface area contributed by atoms with E-state index in [1.54, 1.807) is 7.05 Å². The van der Waals surface area contributed by atoms with Crippen LogP contribution in [0, 0.1) is 20.8 Å². The highest BCUT2D eigenvalue weighted by Crippen LogP contribution is 2.15. The summed E-state index contributed by atoms with van der Waals surface area (Å²) < 4.78 is 0. The zero-order chi connectivity index (χ0) is 13.9. The fourth-order valence-electron chi connectivity index (χ4n) is 1.72. The molecule has 0 fully saturated rings. The number of rotatable bonds is 4. The lowest BCUT2D eigenvalue weighted by molar-refractivity contribution is -0.126. The number of aryl methyl sites for hydroxylation is 3. The fraction of sp³-hybridized carbons (Fsp3) is 0.533. The summed E-state index contributed by atoms with van der Waals surface area (Å²) in [5, 5.41) is 5.98. The molecule has 0 radical (unpaired) electrons. The second-order valence-electron chi connectivity index (χ2n) is 5.42. The van der Waals surface area contributed by atoms with Crippen molar-refractivity contribution in [1.82, 2.24) is 10.6 Å². The molecule has 0 spiro atoms. The number of carbonyl (C=O) groups is 1. The molecule has 1 rings (SSSR count). The minimum absolute atomic E-state index is 0.0163. The Hall–Kier alpha value is -1.35. The molecule has 0 saturated carbocycles. The number of amides is 1. The molecular formula is C15H24N2O. The van der Waals surface area contributed by atoms with E-state index in [0.717, 1.165) is 0 Å². The van der Waals surface area contributed by atoms with Crippen molar-refractivity contribution in [3.8, 4) is 0 Å². The van der Waals surface area contributed by atoms with Gasteiger partial charge in [-0.2, -0.15) is 0 Å². The van der Waals surface area contributed by atoms with E-state index in [0.29, 0.717) is 6.54 Å². The van der Waals surface area contributed by atoms with Crippen LogP contribution < -0.4 is 10.6 Å². The van der Waals surface area contributed by atoms with Crippen molar-refractivity contribution in [1.29, 1.82) is 0 Å². The van der Waals surface area contributed by atoms with Gasteiger partial charge in [-0.1, -0.05) is 12.1 Å². The van der Waals surface area contributed by atoms with Crippen LogP contribution in [-0.2, 0) is 11.3 Å². The SMILES string of the molecule is CNC(C)(C)C(=O)NCc1cc(C)c(C)cc1C. The van der Waals surface area contributed by atoms with Gasteiger partial charge in [0.1, 0.15) is 0 Å². The molecule has 0 bridgehead atoms. The molecule has 0 aliphatic carbocycles. The Morgan fingerprint density at radius 1 is 1.11 bits per heavy atom. The van der Waals surface area contributed by atoms with Gasteiger partial charge in [-0.15, -0.1) is 0 Å². The first-order valence-corrected chi connectivity index (χ1v) is 6.32. The molecule has 3 heteroatoms. The summed E-state index contributed by atoms with van der Waals surface area (Å²) in [4.78, 5) is 12.0. The Labute approximate surface area is 110 Å². The summed E-state index contributed by atoms with van der Waals surface area (Å²) in [6.45, 7) is 10.6. The van der Waals surface area contributed by atoms with Gasteiger partial charge in [0.2, 0.25) is 5.91 Å². The lowest BCUT2D eigenvalue weighted by Crippen LogP contribution is -2.50. The van der Waals surface area contributed by atoms with Crippen molar-refractivity contribution < 1.29 is 4.79 Å². The Morgan fingerprint density at radius 3 is 2.22 bits per heavy atom. The van der Waals surface area contributed by atoms with Crippen LogP contribution in [-0.4, -0.2) is 18.5 Å². The molecular weight excluding hydrogens is 224 g/mol. The molecule has 0 heterocycles. The topological polar surface area (TPSA) is 41.1 Å². The lowest BCUT2D eigenvalue weighted by Gasteiger charge is -2.23. The highest BCUT2D eigenvalue weighted by Gasteiger charge is 2.24. The minimum atomic E-state index is -0.534. The van der Waals surface area contributed by atoms with Gasteiger partial charge in [0.05, 0.1) is 5.54 Å². The van der Waals surface area contributed by atoms with Crippen LogP contribution in [0.1, 0.15) is 36.1 Å². The maximum atomic E-state index is 12.0. The zero-order valence-electron chi connectivity index (χ0n) is 12.3. The first-order chi connectivity index (χ1) is 8.27. The van der Waals surface area contributed by atoms with E-state index < -0.39 is 5.54 Å². The van der Waals surface area contributed by atoms with Gasteiger partial charge in [0, 0.05) is 6.54 Å². The van der Waals surface area contributed by atoms with Gasteiger partial charge in [0.25, 0.3) is 0 Å². The summed E-state index contributed by atoms with van der Waals surface area (Å²) in [7, 11) is 1.79. The van der Waals surface area contributed by atoms with Gasteiger partial charge in [-0.3, -0.25) is 4.79 Å². The van der Waals surface area contributed by atoms with Crippen molar-refractivity contribution in [2.24, 2.45) is 0 Å². The Balaban J connectivity index is 2.76. The van der Waals surface area contributed by atoms with E-state index in [4.69, 9.17) is 0 Å². The number of nitrogens with one attached hydrogen (secondary N) is 2. The van der Waals surface area contributed by atoms with Gasteiger partial charge < -0.3 is 10.6 Å². The number of likely N-dealkylation sites (N-methyl/N-ethyl adjacent to an activating group) is 1. The van der Waals surface area contributed by atoms with E-state index in [1.807, 2.05) is 13.8 Å². The van der Waals surface area contributed by atoms with Crippen molar-refractivity contribution in [2.75, 3.05) is 7.05 Å². The van der Waals surface area contributed by atoms with Gasteiger partial charge in [0.15, 0.2) is 0 Å². The number of hydrogen-bond acceptors (Lipinski definition) is 2. The smallest absolute Gasteiger partial charge is 0.239 e. The van der Waals surface area contributed by atoms with Crippen LogP contribution in [0.4, 0.5) is 0 Å². The molecule has 3 nitrogen and oxygen atoms in total. The van der Waals surface area contributed by atoms with E-state index in [1.165, 1.54) is 22.3 Å². The molecule has 0 aliphatic heterocycles. The Kier molecular flexibility index (Phi) is 4.52. The first kappa shape index (κ1) is 14.7. The molecule has 100 valence electrons. The molecule has 0 atom stereocenters. The summed E-state index contributed by atoms with van der Waals surface area (Å²) >= 11 is 0. The quantitative estimate of drug-likeness (QED) is 0.858. The highest BCUT2D eigenvalue weighted by molar-refractivity contribution is 5.85. The van der Waals surface area contributed by atoms with Crippen molar-refractivity contribution in [3.63, 3.8) is 0 Å². The highest BCUT2D eigenvalue weighted by atomic mass is 16.2. The summed E-state index contributed by atoms with van der Waals surface area (Å²) in [6.07, 6.45) is 0.